The van der Waals surface area contributed by atoms with Crippen LogP contribution in [0, 0.1) is 0 Å². The van der Waals surface area contributed by atoms with Gasteiger partial charge in [0.05, 0.1) is 5.69 Å². The van der Waals surface area contributed by atoms with Crippen LogP contribution in [0.4, 0.5) is 0 Å². The molecule has 2 rings (SSSR count). The molecule has 16 heavy (non-hydrogen) atoms. The highest BCUT2D eigenvalue weighted by Crippen LogP contribution is 2.32. The van der Waals surface area contributed by atoms with Crippen molar-refractivity contribution in [2.45, 2.75) is 13.3 Å². The van der Waals surface area contributed by atoms with E-state index in [-0.39, 0.29) is 5.78 Å². The van der Waals surface area contributed by atoms with Crippen LogP contribution in [0.5, 0.6) is 0 Å². The Balaban J connectivity index is 2.56. The third-order valence-corrected chi connectivity index (χ3v) is 3.12. The lowest BCUT2D eigenvalue weighted by molar-refractivity contribution is 0.0984. The Hall–Kier alpha value is -1.35. The summed E-state index contributed by atoms with van der Waals surface area (Å²) in [6, 6.07) is 9.90. The number of nitrogens with one attached hydrogen (secondary N) is 1. The smallest absolute Gasteiger partial charge is 0.179 e. The van der Waals surface area contributed by atoms with E-state index < -0.39 is 0 Å². The predicted molar refractivity (Wildman–Crippen MR) is 68.6 cm³/mol. The van der Waals surface area contributed by atoms with Gasteiger partial charge in [0.2, 0.25) is 0 Å². The Labute approximate surface area is 103 Å². The molecule has 3 heteroatoms. The Bertz CT molecular complexity index is 502. The molecule has 0 unspecified atom stereocenters. The monoisotopic (exact) mass is 277 g/mol. The molecule has 0 radical (unpaired) electrons. The third-order valence-electron chi connectivity index (χ3n) is 2.49. The summed E-state index contributed by atoms with van der Waals surface area (Å²) in [6.45, 7) is 1.87. The second kappa shape index (κ2) is 4.66. The summed E-state index contributed by atoms with van der Waals surface area (Å²) in [5.41, 5.74) is 2.68. The minimum Gasteiger partial charge on any atom is -0.357 e. The number of carbonyl (C=O) groups excluding carboxylic acids is 1. The van der Waals surface area contributed by atoms with Gasteiger partial charge in [-0.05, 0) is 21.5 Å². The van der Waals surface area contributed by atoms with E-state index in [1.165, 1.54) is 0 Å². The highest BCUT2D eigenvalue weighted by Gasteiger charge is 2.15. The molecule has 0 spiro atoms. The van der Waals surface area contributed by atoms with E-state index in [9.17, 15) is 4.79 Å². The van der Waals surface area contributed by atoms with E-state index in [1.54, 1.807) is 0 Å². The molecular weight excluding hydrogens is 266 g/mol. The van der Waals surface area contributed by atoms with Gasteiger partial charge in [-0.15, -0.1) is 0 Å². The molecule has 0 fully saturated rings. The average molecular weight is 278 g/mol. The van der Waals surface area contributed by atoms with Crippen molar-refractivity contribution in [2.24, 2.45) is 0 Å². The van der Waals surface area contributed by atoms with Crippen LogP contribution in [0.1, 0.15) is 23.8 Å². The quantitative estimate of drug-likeness (QED) is 0.844. The van der Waals surface area contributed by atoms with Crippen LogP contribution in [0.3, 0.4) is 0 Å². The third kappa shape index (κ3) is 1.95. The topological polar surface area (TPSA) is 32.9 Å². The SMILES string of the molecule is CCC(=O)c1[nH]cc(Br)c1-c1ccccc1. The van der Waals surface area contributed by atoms with E-state index in [0.717, 1.165) is 15.6 Å². The van der Waals surface area contributed by atoms with Crippen LogP contribution in [-0.2, 0) is 0 Å². The van der Waals surface area contributed by atoms with Crippen molar-refractivity contribution in [1.29, 1.82) is 0 Å². The van der Waals surface area contributed by atoms with Gasteiger partial charge in [0.15, 0.2) is 5.78 Å². The van der Waals surface area contributed by atoms with Gasteiger partial charge >= 0.3 is 0 Å². The number of hydrogen-bond donors (Lipinski definition) is 1. The number of rotatable bonds is 3. The molecule has 2 nitrogen and oxygen atoms in total. The summed E-state index contributed by atoms with van der Waals surface area (Å²) in [5.74, 6) is 0.129. The largest absolute Gasteiger partial charge is 0.357 e. The normalized spacial score (nSPS) is 10.4. The maximum Gasteiger partial charge on any atom is 0.179 e. The zero-order valence-corrected chi connectivity index (χ0v) is 10.5. The number of carbonyl (C=O) groups is 1. The van der Waals surface area contributed by atoms with Crippen molar-refractivity contribution in [3.8, 4) is 11.1 Å². The van der Waals surface area contributed by atoms with Gasteiger partial charge in [0, 0.05) is 22.7 Å². The van der Waals surface area contributed by atoms with Crippen molar-refractivity contribution in [1.82, 2.24) is 4.98 Å². The number of benzene rings is 1. The number of aromatic amines is 1. The van der Waals surface area contributed by atoms with E-state index in [0.29, 0.717) is 12.1 Å². The van der Waals surface area contributed by atoms with E-state index in [2.05, 4.69) is 20.9 Å². The summed E-state index contributed by atoms with van der Waals surface area (Å²) in [5, 5.41) is 0. The molecule has 0 aliphatic carbocycles. The molecule has 2 aromatic rings. The van der Waals surface area contributed by atoms with Gasteiger partial charge in [0.25, 0.3) is 0 Å². The average Bonchev–Trinajstić information content (AvgIpc) is 2.71. The standard InChI is InChI=1S/C13H12BrNO/c1-2-11(16)13-12(10(14)8-15-13)9-6-4-3-5-7-9/h3-8,15H,2H2,1H3. The molecule has 1 aromatic heterocycles. The van der Waals surface area contributed by atoms with Gasteiger partial charge in [0.1, 0.15) is 0 Å². The summed E-state index contributed by atoms with van der Waals surface area (Å²) >= 11 is 3.47. The number of ketones is 1. The number of H-pyrrole nitrogens is 1. The molecule has 0 saturated carbocycles. The number of aromatic nitrogens is 1. The number of Topliss-reactive ketones (excluding diaryl/α,β-unsaturated/α-hetero) is 1. The highest BCUT2D eigenvalue weighted by molar-refractivity contribution is 9.10. The second-order valence-corrected chi connectivity index (χ2v) is 4.38. The Kier molecular flexibility index (Phi) is 3.25. The highest BCUT2D eigenvalue weighted by atomic mass is 79.9. The first-order valence-electron chi connectivity index (χ1n) is 5.19. The first kappa shape index (κ1) is 11.1. The fourth-order valence-electron chi connectivity index (χ4n) is 1.68. The fraction of sp³-hybridized carbons (Fsp3) is 0.154. The Morgan fingerprint density at radius 3 is 2.62 bits per heavy atom. The summed E-state index contributed by atoms with van der Waals surface area (Å²) in [6.07, 6.45) is 2.32. The van der Waals surface area contributed by atoms with Crippen LogP contribution in [0.25, 0.3) is 11.1 Å². The minimum absolute atomic E-state index is 0.129. The van der Waals surface area contributed by atoms with Crippen LogP contribution in [-0.4, -0.2) is 10.8 Å². The van der Waals surface area contributed by atoms with Crippen molar-refractivity contribution in [3.63, 3.8) is 0 Å². The minimum atomic E-state index is 0.129. The lowest BCUT2D eigenvalue weighted by Crippen LogP contribution is -1.98. The predicted octanol–water partition coefficient (Wildman–Crippen LogP) is 4.04. The maximum atomic E-state index is 11.8. The molecule has 0 aliphatic heterocycles. The summed E-state index contributed by atoms with van der Waals surface area (Å²) in [7, 11) is 0. The summed E-state index contributed by atoms with van der Waals surface area (Å²) < 4.78 is 0.926. The molecular formula is C13H12BrNO. The van der Waals surface area contributed by atoms with Gasteiger partial charge in [-0.1, -0.05) is 37.3 Å². The molecule has 1 heterocycles. The van der Waals surface area contributed by atoms with Gasteiger partial charge < -0.3 is 4.98 Å². The Morgan fingerprint density at radius 1 is 1.31 bits per heavy atom. The first-order chi connectivity index (χ1) is 7.74. The molecule has 0 atom stereocenters. The van der Waals surface area contributed by atoms with E-state index >= 15 is 0 Å². The second-order valence-electron chi connectivity index (χ2n) is 3.53. The number of hydrogen-bond acceptors (Lipinski definition) is 1. The van der Waals surface area contributed by atoms with Gasteiger partial charge in [-0.3, -0.25) is 4.79 Å². The zero-order valence-electron chi connectivity index (χ0n) is 8.96. The molecule has 1 aromatic carbocycles. The van der Waals surface area contributed by atoms with Crippen molar-refractivity contribution >= 4 is 21.7 Å². The molecule has 0 amide bonds. The molecule has 0 bridgehead atoms. The van der Waals surface area contributed by atoms with Crippen LogP contribution in [0.2, 0.25) is 0 Å². The van der Waals surface area contributed by atoms with Gasteiger partial charge in [-0.25, -0.2) is 0 Å². The van der Waals surface area contributed by atoms with Crippen molar-refractivity contribution in [3.05, 3.63) is 46.7 Å². The lowest BCUT2D eigenvalue weighted by atomic mass is 10.0. The molecule has 1 N–H and O–H groups in total. The maximum absolute atomic E-state index is 11.8. The van der Waals surface area contributed by atoms with Crippen molar-refractivity contribution < 1.29 is 4.79 Å². The summed E-state index contributed by atoms with van der Waals surface area (Å²) in [4.78, 5) is 14.8. The molecule has 82 valence electrons. The van der Waals surface area contributed by atoms with E-state index in [1.807, 2.05) is 43.5 Å². The van der Waals surface area contributed by atoms with Crippen LogP contribution in [0.15, 0.2) is 41.0 Å². The molecule has 0 aliphatic rings. The molecule has 0 saturated heterocycles. The lowest BCUT2D eigenvalue weighted by Gasteiger charge is -2.03. The first-order valence-corrected chi connectivity index (χ1v) is 5.98. The van der Waals surface area contributed by atoms with Crippen LogP contribution >= 0.6 is 15.9 Å². The van der Waals surface area contributed by atoms with Crippen molar-refractivity contribution in [2.75, 3.05) is 0 Å². The fourth-order valence-corrected chi connectivity index (χ4v) is 2.22. The van der Waals surface area contributed by atoms with Crippen LogP contribution < -0.4 is 0 Å². The Morgan fingerprint density at radius 2 is 2.00 bits per heavy atom. The number of halogens is 1. The zero-order chi connectivity index (χ0) is 11.5. The van der Waals surface area contributed by atoms with Gasteiger partial charge in [-0.2, -0.15) is 0 Å². The van der Waals surface area contributed by atoms with E-state index in [4.69, 9.17) is 0 Å².